The van der Waals surface area contributed by atoms with Gasteiger partial charge >= 0.3 is 0 Å². The van der Waals surface area contributed by atoms with E-state index >= 15 is 0 Å². The van der Waals surface area contributed by atoms with Crippen molar-refractivity contribution in [1.29, 1.82) is 0 Å². The van der Waals surface area contributed by atoms with Gasteiger partial charge in [0, 0.05) is 5.69 Å². The fourth-order valence-corrected chi connectivity index (χ4v) is 2.12. The highest BCUT2D eigenvalue weighted by molar-refractivity contribution is 5.95. The van der Waals surface area contributed by atoms with Gasteiger partial charge in [0.05, 0.1) is 6.04 Å². The zero-order valence-electron chi connectivity index (χ0n) is 10.1. The molecule has 1 saturated heterocycles. The lowest BCUT2D eigenvalue weighted by Crippen LogP contribution is -2.39. The molecule has 0 aliphatic carbocycles. The molecule has 1 aromatic carbocycles. The van der Waals surface area contributed by atoms with Crippen LogP contribution >= 0.6 is 0 Å². The van der Waals surface area contributed by atoms with Crippen LogP contribution in [0.2, 0.25) is 0 Å². The Kier molecular flexibility index (Phi) is 3.43. The van der Waals surface area contributed by atoms with Crippen LogP contribution in [0.3, 0.4) is 0 Å². The third kappa shape index (κ3) is 2.64. The Hall–Kier alpha value is -1.42. The molecule has 1 heterocycles. The molecule has 2 N–H and O–H groups in total. The standard InChI is InChI=1S/C13H17FN2O/c1-8-3-4-10(14)7-11(8)16-13(17)12-9(2)5-6-15-12/h3-4,7,9,12,15H,5-6H2,1-2H3,(H,16,17). The Bertz CT molecular complexity index is 433. The van der Waals surface area contributed by atoms with Crippen molar-refractivity contribution in [1.82, 2.24) is 5.32 Å². The predicted molar refractivity (Wildman–Crippen MR) is 65.3 cm³/mol. The summed E-state index contributed by atoms with van der Waals surface area (Å²) in [5.41, 5.74) is 1.42. The number of hydrogen-bond donors (Lipinski definition) is 2. The maximum Gasteiger partial charge on any atom is 0.241 e. The number of halogens is 1. The van der Waals surface area contributed by atoms with Crippen LogP contribution < -0.4 is 10.6 Å². The van der Waals surface area contributed by atoms with Crippen LogP contribution in [0, 0.1) is 18.7 Å². The van der Waals surface area contributed by atoms with Crippen molar-refractivity contribution in [2.45, 2.75) is 26.3 Å². The number of aryl methyl sites for hydroxylation is 1. The van der Waals surface area contributed by atoms with Gasteiger partial charge in [-0.2, -0.15) is 0 Å². The molecule has 1 aliphatic heterocycles. The first-order chi connectivity index (χ1) is 8.08. The number of anilines is 1. The van der Waals surface area contributed by atoms with Gasteiger partial charge in [0.2, 0.25) is 5.91 Å². The van der Waals surface area contributed by atoms with Gasteiger partial charge in [-0.05, 0) is 43.5 Å². The van der Waals surface area contributed by atoms with Crippen LogP contribution in [0.15, 0.2) is 18.2 Å². The second-order valence-electron chi connectivity index (χ2n) is 4.65. The number of carbonyl (C=O) groups is 1. The number of benzene rings is 1. The van der Waals surface area contributed by atoms with Gasteiger partial charge in [0.15, 0.2) is 0 Å². The molecule has 2 atom stereocenters. The van der Waals surface area contributed by atoms with E-state index < -0.39 is 0 Å². The molecule has 4 heteroatoms. The summed E-state index contributed by atoms with van der Waals surface area (Å²) in [6.07, 6.45) is 1.00. The van der Waals surface area contributed by atoms with E-state index in [1.807, 2.05) is 13.8 Å². The molecule has 1 aromatic rings. The quantitative estimate of drug-likeness (QED) is 0.825. The van der Waals surface area contributed by atoms with E-state index in [0.29, 0.717) is 11.6 Å². The lowest BCUT2D eigenvalue weighted by atomic mass is 10.0. The molecule has 3 nitrogen and oxygen atoms in total. The molecular formula is C13H17FN2O. The van der Waals surface area contributed by atoms with Crippen molar-refractivity contribution in [3.63, 3.8) is 0 Å². The summed E-state index contributed by atoms with van der Waals surface area (Å²) in [6, 6.07) is 4.24. The molecule has 0 bridgehead atoms. The Balaban J connectivity index is 2.10. The highest BCUT2D eigenvalue weighted by atomic mass is 19.1. The summed E-state index contributed by atoms with van der Waals surface area (Å²) in [6.45, 7) is 4.75. The Labute approximate surface area is 100 Å². The van der Waals surface area contributed by atoms with E-state index in [1.54, 1.807) is 6.07 Å². The van der Waals surface area contributed by atoms with Gasteiger partial charge in [-0.1, -0.05) is 13.0 Å². The van der Waals surface area contributed by atoms with Crippen LogP contribution in [-0.4, -0.2) is 18.5 Å². The first-order valence-electron chi connectivity index (χ1n) is 5.88. The van der Waals surface area contributed by atoms with E-state index in [0.717, 1.165) is 18.5 Å². The maximum atomic E-state index is 13.1. The molecular weight excluding hydrogens is 219 g/mol. The molecule has 92 valence electrons. The third-order valence-electron chi connectivity index (χ3n) is 3.27. The van der Waals surface area contributed by atoms with Crippen molar-refractivity contribution < 1.29 is 9.18 Å². The number of rotatable bonds is 2. The average Bonchev–Trinajstić information content (AvgIpc) is 2.70. The van der Waals surface area contributed by atoms with Crippen LogP contribution in [0.4, 0.5) is 10.1 Å². The smallest absolute Gasteiger partial charge is 0.241 e. The summed E-state index contributed by atoms with van der Waals surface area (Å²) < 4.78 is 13.1. The minimum absolute atomic E-state index is 0.0799. The number of carbonyl (C=O) groups excluding carboxylic acids is 1. The second kappa shape index (κ2) is 4.84. The van der Waals surface area contributed by atoms with E-state index in [1.165, 1.54) is 12.1 Å². The van der Waals surface area contributed by atoms with E-state index in [9.17, 15) is 9.18 Å². The zero-order valence-corrected chi connectivity index (χ0v) is 10.1. The first-order valence-corrected chi connectivity index (χ1v) is 5.88. The van der Waals surface area contributed by atoms with Gasteiger partial charge < -0.3 is 10.6 Å². The maximum absolute atomic E-state index is 13.1. The van der Waals surface area contributed by atoms with Gasteiger partial charge in [0.1, 0.15) is 5.82 Å². The second-order valence-corrected chi connectivity index (χ2v) is 4.65. The molecule has 0 radical (unpaired) electrons. The minimum Gasteiger partial charge on any atom is -0.324 e. The van der Waals surface area contributed by atoms with E-state index in [-0.39, 0.29) is 17.8 Å². The molecule has 2 unspecified atom stereocenters. The van der Waals surface area contributed by atoms with Crippen molar-refractivity contribution in [3.05, 3.63) is 29.6 Å². The molecule has 0 aromatic heterocycles. The highest BCUT2D eigenvalue weighted by Gasteiger charge is 2.29. The van der Waals surface area contributed by atoms with Gasteiger partial charge in [0.25, 0.3) is 0 Å². The molecule has 17 heavy (non-hydrogen) atoms. The zero-order chi connectivity index (χ0) is 12.4. The molecule has 2 rings (SSSR count). The van der Waals surface area contributed by atoms with Crippen LogP contribution in [0.5, 0.6) is 0 Å². The minimum atomic E-state index is -0.335. The Morgan fingerprint density at radius 2 is 2.29 bits per heavy atom. The molecule has 1 aliphatic rings. The average molecular weight is 236 g/mol. The third-order valence-corrected chi connectivity index (χ3v) is 3.27. The van der Waals surface area contributed by atoms with Gasteiger partial charge in [-0.15, -0.1) is 0 Å². The summed E-state index contributed by atoms with van der Waals surface area (Å²) in [5.74, 6) is -0.0918. The monoisotopic (exact) mass is 236 g/mol. The highest BCUT2D eigenvalue weighted by Crippen LogP contribution is 2.19. The van der Waals surface area contributed by atoms with Crippen LogP contribution in [0.1, 0.15) is 18.9 Å². The van der Waals surface area contributed by atoms with Crippen LogP contribution in [-0.2, 0) is 4.79 Å². The van der Waals surface area contributed by atoms with Crippen molar-refractivity contribution in [2.24, 2.45) is 5.92 Å². The normalized spacial score (nSPS) is 23.7. The summed E-state index contributed by atoms with van der Waals surface area (Å²) >= 11 is 0. The van der Waals surface area contributed by atoms with E-state index in [4.69, 9.17) is 0 Å². The fourth-order valence-electron chi connectivity index (χ4n) is 2.12. The van der Waals surface area contributed by atoms with Crippen LogP contribution in [0.25, 0.3) is 0 Å². The lowest BCUT2D eigenvalue weighted by molar-refractivity contribution is -0.118. The Morgan fingerprint density at radius 3 is 2.94 bits per heavy atom. The molecule has 1 amide bonds. The van der Waals surface area contributed by atoms with Gasteiger partial charge in [-0.25, -0.2) is 4.39 Å². The number of amides is 1. The Morgan fingerprint density at radius 1 is 1.53 bits per heavy atom. The lowest BCUT2D eigenvalue weighted by Gasteiger charge is -2.16. The number of hydrogen-bond acceptors (Lipinski definition) is 2. The summed E-state index contributed by atoms with van der Waals surface area (Å²) in [5, 5.41) is 5.94. The molecule has 0 saturated carbocycles. The predicted octanol–water partition coefficient (Wildman–Crippen LogP) is 2.07. The van der Waals surface area contributed by atoms with Crippen molar-refractivity contribution >= 4 is 11.6 Å². The van der Waals surface area contributed by atoms with E-state index in [2.05, 4.69) is 10.6 Å². The first kappa shape index (κ1) is 12.0. The molecule has 0 spiro atoms. The van der Waals surface area contributed by atoms with Gasteiger partial charge in [-0.3, -0.25) is 4.79 Å². The number of nitrogens with one attached hydrogen (secondary N) is 2. The molecule has 1 fully saturated rings. The SMILES string of the molecule is Cc1ccc(F)cc1NC(=O)C1NCCC1C. The van der Waals surface area contributed by atoms with Crippen molar-refractivity contribution in [3.8, 4) is 0 Å². The topological polar surface area (TPSA) is 41.1 Å². The van der Waals surface area contributed by atoms with Crippen molar-refractivity contribution in [2.75, 3.05) is 11.9 Å². The largest absolute Gasteiger partial charge is 0.324 e. The summed E-state index contributed by atoms with van der Waals surface area (Å²) in [4.78, 5) is 12.0. The fraction of sp³-hybridized carbons (Fsp3) is 0.462. The summed E-state index contributed by atoms with van der Waals surface area (Å²) in [7, 11) is 0.